The lowest BCUT2D eigenvalue weighted by molar-refractivity contribution is -0.140. The van der Waals surface area contributed by atoms with Crippen molar-refractivity contribution >= 4 is 29.0 Å². The van der Waals surface area contributed by atoms with Crippen molar-refractivity contribution in [1.82, 2.24) is 4.90 Å². The molecule has 6 atom stereocenters. The Morgan fingerprint density at radius 2 is 1.51 bits per heavy atom. The number of nitrogens with zero attached hydrogens (tertiary/aromatic N) is 1. The number of Topliss-reactive ketones (excluding diaryl/α,β-unsaturated/α-hetero) is 1. The Hall–Kier alpha value is -5.56. The third-order valence-corrected chi connectivity index (χ3v) is 11.5. The van der Waals surface area contributed by atoms with E-state index in [0.717, 1.165) is 11.1 Å². The number of phenols is 1. The smallest absolute Gasteiger partial charge is 0.233 e. The van der Waals surface area contributed by atoms with Crippen molar-refractivity contribution < 1.29 is 29.0 Å². The molecule has 3 aliphatic carbocycles. The van der Waals surface area contributed by atoms with E-state index >= 15 is 9.59 Å². The second-order valence-electron chi connectivity index (χ2n) is 14.1. The molecule has 7 heteroatoms. The Labute approximate surface area is 297 Å². The Morgan fingerprint density at radius 3 is 2.20 bits per heavy atom. The van der Waals surface area contributed by atoms with Crippen LogP contribution in [0.5, 0.6) is 11.5 Å². The van der Waals surface area contributed by atoms with Crippen LogP contribution in [0.4, 0.5) is 0 Å². The highest BCUT2D eigenvalue weighted by molar-refractivity contribution is 6.31. The highest BCUT2D eigenvalue weighted by atomic mass is 16.5. The van der Waals surface area contributed by atoms with Gasteiger partial charge in [-0.3, -0.25) is 24.1 Å². The van der Waals surface area contributed by atoms with Gasteiger partial charge in [-0.2, -0.15) is 0 Å². The Kier molecular flexibility index (Phi) is 8.29. The molecule has 1 saturated heterocycles. The minimum atomic E-state index is -1.41. The number of imide groups is 1. The van der Waals surface area contributed by atoms with E-state index in [1.54, 1.807) is 18.2 Å². The summed E-state index contributed by atoms with van der Waals surface area (Å²) in [7, 11) is 0. The van der Waals surface area contributed by atoms with E-state index in [1.807, 2.05) is 104 Å². The zero-order chi connectivity index (χ0) is 35.3. The average Bonchev–Trinajstić information content (AvgIpc) is 3.41. The fraction of sp³-hybridized carbons (Fsp3) is 0.273. The molecule has 7 nitrogen and oxygen atoms in total. The van der Waals surface area contributed by atoms with Crippen molar-refractivity contribution in [2.24, 2.45) is 23.7 Å². The molecular formula is C44H39NO6. The minimum absolute atomic E-state index is 0.0668. The van der Waals surface area contributed by atoms with Crippen molar-refractivity contribution in [3.05, 3.63) is 149 Å². The van der Waals surface area contributed by atoms with Gasteiger partial charge in [-0.25, -0.2) is 0 Å². The van der Waals surface area contributed by atoms with Gasteiger partial charge in [-0.15, -0.1) is 0 Å². The van der Waals surface area contributed by atoms with E-state index < -0.39 is 35.0 Å². The molecule has 0 radical (unpaired) electrons. The first kappa shape index (κ1) is 32.6. The molecule has 1 saturated carbocycles. The third-order valence-electron chi connectivity index (χ3n) is 11.5. The van der Waals surface area contributed by atoms with Crippen LogP contribution in [0.3, 0.4) is 0 Å². The lowest BCUT2D eigenvalue weighted by Crippen LogP contribution is -2.58. The maximum absolute atomic E-state index is 15.2. The number of aromatic hydroxyl groups is 1. The van der Waals surface area contributed by atoms with E-state index in [9.17, 15) is 14.7 Å². The van der Waals surface area contributed by atoms with Crippen LogP contribution in [0.2, 0.25) is 0 Å². The molecule has 1 heterocycles. The molecule has 1 N–H and O–H groups in total. The number of hydrogen-bond acceptors (Lipinski definition) is 6. The van der Waals surface area contributed by atoms with Gasteiger partial charge in [0, 0.05) is 35.6 Å². The molecule has 4 aromatic carbocycles. The number of ether oxygens (including phenoxy) is 1. The lowest BCUT2D eigenvalue weighted by Gasteiger charge is -2.55. The number of benzene rings is 4. The van der Waals surface area contributed by atoms with Crippen molar-refractivity contribution in [2.45, 2.75) is 44.1 Å². The van der Waals surface area contributed by atoms with Gasteiger partial charge >= 0.3 is 0 Å². The number of rotatable bonds is 8. The second kappa shape index (κ2) is 13.0. The van der Waals surface area contributed by atoms with Gasteiger partial charge < -0.3 is 9.84 Å². The summed E-state index contributed by atoms with van der Waals surface area (Å²) in [6, 6.07) is 33.5. The normalized spacial score (nSPS) is 26.9. The Balaban J connectivity index is 1.32. The summed E-state index contributed by atoms with van der Waals surface area (Å²) in [6.45, 7) is 2.59. The number of allylic oxidation sites excluding steroid dienone is 4. The molecule has 4 aliphatic rings. The highest BCUT2D eigenvalue weighted by Gasteiger charge is 2.66. The highest BCUT2D eigenvalue weighted by Crippen LogP contribution is 2.64. The summed E-state index contributed by atoms with van der Waals surface area (Å²) in [4.78, 5) is 59.3. The molecule has 6 unspecified atom stereocenters. The van der Waals surface area contributed by atoms with E-state index in [4.69, 9.17) is 4.74 Å². The molecule has 8 rings (SSSR count). The first-order valence-electron chi connectivity index (χ1n) is 17.8. The first-order chi connectivity index (χ1) is 24.8. The van der Waals surface area contributed by atoms with Crippen molar-refractivity contribution in [1.29, 1.82) is 0 Å². The van der Waals surface area contributed by atoms with Gasteiger partial charge in [0.2, 0.25) is 11.8 Å². The van der Waals surface area contributed by atoms with Crippen LogP contribution in [0.15, 0.2) is 127 Å². The minimum Gasteiger partial charge on any atom is -0.508 e. The van der Waals surface area contributed by atoms with Gasteiger partial charge in [0.05, 0.1) is 17.3 Å². The van der Waals surface area contributed by atoms with Gasteiger partial charge in [0.25, 0.3) is 0 Å². The van der Waals surface area contributed by atoms with Gasteiger partial charge in [-0.05, 0) is 54.0 Å². The number of likely N-dealkylation sites (tertiary alicyclic amines) is 1. The molecule has 51 heavy (non-hydrogen) atoms. The SMILES string of the molecule is CCCN1C(=O)C2CC=C3C(CC4C(=O)C(c5ccccc5)=CC(=O)C4(c4ccccc4)C3c3ccc(OCc4ccccc4)cc3O)C2C1=O. The fourth-order valence-corrected chi connectivity index (χ4v) is 9.33. The van der Waals surface area contributed by atoms with Crippen LogP contribution < -0.4 is 4.74 Å². The van der Waals surface area contributed by atoms with Crippen LogP contribution in [0.1, 0.15) is 54.4 Å². The summed E-state index contributed by atoms with van der Waals surface area (Å²) >= 11 is 0. The Morgan fingerprint density at radius 1 is 0.824 bits per heavy atom. The number of hydrogen-bond donors (Lipinski definition) is 1. The summed E-state index contributed by atoms with van der Waals surface area (Å²) < 4.78 is 6.06. The number of carbonyl (C=O) groups is 4. The number of amides is 2. The van der Waals surface area contributed by atoms with Gasteiger partial charge in [0.15, 0.2) is 11.6 Å². The summed E-state index contributed by atoms with van der Waals surface area (Å²) in [5.41, 5.74) is 2.53. The van der Waals surface area contributed by atoms with Crippen LogP contribution in [0.25, 0.3) is 5.57 Å². The molecule has 1 aliphatic heterocycles. The molecule has 4 aromatic rings. The number of fused-ring (bicyclic) bond motifs is 4. The topological polar surface area (TPSA) is 101 Å². The van der Waals surface area contributed by atoms with Crippen LogP contribution in [-0.4, -0.2) is 39.9 Å². The van der Waals surface area contributed by atoms with Crippen molar-refractivity contribution in [3.63, 3.8) is 0 Å². The maximum Gasteiger partial charge on any atom is 0.233 e. The van der Waals surface area contributed by atoms with Crippen molar-refractivity contribution in [3.8, 4) is 11.5 Å². The number of ketones is 2. The summed E-state index contributed by atoms with van der Waals surface area (Å²) in [5.74, 6) is -3.71. The van der Waals surface area contributed by atoms with Crippen LogP contribution >= 0.6 is 0 Å². The standard InChI is InChI=1S/C44H39NO6/c1-2-22-45-42(49)33-21-20-31-35(39(33)43(45)50)24-36-41(48)34(28-14-8-4-9-15-28)25-38(47)44(36,29-16-10-5-11-17-29)40(31)32-19-18-30(23-37(32)46)51-26-27-12-6-3-7-13-27/h3-20,23,25,33,35-36,39-40,46H,2,21-22,24,26H2,1H3. The lowest BCUT2D eigenvalue weighted by atomic mass is 9.44. The molecule has 256 valence electrons. The number of phenolic OH excluding ortho intramolecular Hbond substituents is 1. The first-order valence-corrected chi connectivity index (χ1v) is 17.8. The van der Waals surface area contributed by atoms with Gasteiger partial charge in [0.1, 0.15) is 18.1 Å². The average molecular weight is 678 g/mol. The molecule has 0 spiro atoms. The molecular weight excluding hydrogens is 638 g/mol. The third kappa shape index (κ3) is 5.17. The zero-order valence-corrected chi connectivity index (χ0v) is 28.4. The van der Waals surface area contributed by atoms with Crippen molar-refractivity contribution in [2.75, 3.05) is 6.54 Å². The fourth-order valence-electron chi connectivity index (χ4n) is 9.33. The second-order valence-corrected chi connectivity index (χ2v) is 14.1. The zero-order valence-electron chi connectivity index (χ0n) is 28.4. The molecule has 0 aromatic heterocycles. The van der Waals surface area contributed by atoms with Gasteiger partial charge in [-0.1, -0.05) is 116 Å². The van der Waals surface area contributed by atoms with E-state index in [1.165, 1.54) is 11.0 Å². The summed E-state index contributed by atoms with van der Waals surface area (Å²) in [5, 5.41) is 11.9. The van der Waals surface area contributed by atoms with Crippen LogP contribution in [-0.2, 0) is 31.2 Å². The van der Waals surface area contributed by atoms with Crippen LogP contribution in [0, 0.1) is 23.7 Å². The molecule has 0 bridgehead atoms. The Bertz CT molecular complexity index is 2090. The quantitative estimate of drug-likeness (QED) is 0.156. The molecule has 2 fully saturated rings. The maximum atomic E-state index is 15.2. The number of carbonyl (C=O) groups excluding carboxylic acids is 4. The predicted octanol–water partition coefficient (Wildman–Crippen LogP) is 7.21. The predicted molar refractivity (Wildman–Crippen MR) is 192 cm³/mol. The van der Waals surface area contributed by atoms with E-state index in [0.29, 0.717) is 54.0 Å². The molecule has 2 amide bonds. The monoisotopic (exact) mass is 677 g/mol. The van der Waals surface area contributed by atoms with E-state index in [-0.39, 0.29) is 35.6 Å². The largest absolute Gasteiger partial charge is 0.508 e. The van der Waals surface area contributed by atoms with E-state index in [2.05, 4.69) is 0 Å². The summed E-state index contributed by atoms with van der Waals surface area (Å²) in [6.07, 6.45) is 4.73.